The predicted octanol–water partition coefficient (Wildman–Crippen LogP) is 2.24. The molecule has 0 spiro atoms. The van der Waals surface area contributed by atoms with Gasteiger partial charge in [0.05, 0.1) is 20.3 Å². The van der Waals surface area contributed by atoms with Crippen molar-refractivity contribution < 1.29 is 23.9 Å². The van der Waals surface area contributed by atoms with Gasteiger partial charge >= 0.3 is 0 Å². The molecule has 3 rings (SSSR count). The van der Waals surface area contributed by atoms with Gasteiger partial charge in [-0.1, -0.05) is 26.0 Å². The lowest BCUT2D eigenvalue weighted by atomic mass is 10.0. The van der Waals surface area contributed by atoms with E-state index in [0.717, 1.165) is 5.56 Å². The number of carbonyl (C=O) groups is 3. The number of amides is 3. The van der Waals surface area contributed by atoms with Crippen molar-refractivity contribution in [2.45, 2.75) is 26.4 Å². The lowest BCUT2D eigenvalue weighted by molar-refractivity contribution is -0.124. The Kier molecular flexibility index (Phi) is 8.43. The second-order valence-electron chi connectivity index (χ2n) is 8.24. The first-order valence-electron chi connectivity index (χ1n) is 11.1. The van der Waals surface area contributed by atoms with Crippen LogP contribution < -0.4 is 15.4 Å². The quantitative estimate of drug-likeness (QED) is 0.639. The van der Waals surface area contributed by atoms with Gasteiger partial charge in [-0.3, -0.25) is 14.4 Å². The van der Waals surface area contributed by atoms with Crippen LogP contribution in [0.25, 0.3) is 0 Å². The highest BCUT2D eigenvalue weighted by atomic mass is 16.5. The van der Waals surface area contributed by atoms with Gasteiger partial charge < -0.3 is 25.0 Å². The molecule has 1 aliphatic heterocycles. The highest BCUT2D eigenvalue weighted by Crippen LogP contribution is 2.13. The summed E-state index contributed by atoms with van der Waals surface area (Å²) < 4.78 is 10.4. The third-order valence-electron chi connectivity index (χ3n) is 5.55. The van der Waals surface area contributed by atoms with Crippen LogP contribution in [0.2, 0.25) is 0 Å². The topological polar surface area (TPSA) is 97.0 Å². The molecule has 0 bridgehead atoms. The zero-order chi connectivity index (χ0) is 23.8. The molecule has 1 atom stereocenters. The van der Waals surface area contributed by atoms with Crippen molar-refractivity contribution in [3.05, 3.63) is 65.2 Å². The fraction of sp³-hybridized carbons (Fsp3) is 0.400. The molecule has 1 fully saturated rings. The SMILES string of the molecule is COc1ccc(C(=O)N[C@H](C(=O)NCc2ccc(C(=O)N3CCOCC3)cc2)C(C)C)cc1. The fourth-order valence-electron chi connectivity index (χ4n) is 3.52. The monoisotopic (exact) mass is 453 g/mol. The fourth-order valence-corrected chi connectivity index (χ4v) is 3.52. The average molecular weight is 454 g/mol. The summed E-state index contributed by atoms with van der Waals surface area (Å²) in [5.41, 5.74) is 1.93. The van der Waals surface area contributed by atoms with E-state index in [4.69, 9.17) is 9.47 Å². The maximum Gasteiger partial charge on any atom is 0.254 e. The summed E-state index contributed by atoms with van der Waals surface area (Å²) in [4.78, 5) is 39.7. The first kappa shape index (κ1) is 24.3. The van der Waals surface area contributed by atoms with E-state index in [1.54, 1.807) is 48.4 Å². The molecular weight excluding hydrogens is 422 g/mol. The van der Waals surface area contributed by atoms with Gasteiger partial charge in [-0.25, -0.2) is 0 Å². The molecule has 8 nitrogen and oxygen atoms in total. The number of hydrogen-bond acceptors (Lipinski definition) is 5. The van der Waals surface area contributed by atoms with E-state index >= 15 is 0 Å². The highest BCUT2D eigenvalue weighted by molar-refractivity contribution is 5.97. The summed E-state index contributed by atoms with van der Waals surface area (Å²) in [6.07, 6.45) is 0. The number of methoxy groups -OCH3 is 1. The first-order valence-corrected chi connectivity index (χ1v) is 11.1. The van der Waals surface area contributed by atoms with E-state index < -0.39 is 6.04 Å². The van der Waals surface area contributed by atoms with Gasteiger partial charge in [0.1, 0.15) is 11.8 Å². The predicted molar refractivity (Wildman–Crippen MR) is 124 cm³/mol. The number of benzene rings is 2. The van der Waals surface area contributed by atoms with Crippen LogP contribution in [0, 0.1) is 5.92 Å². The lowest BCUT2D eigenvalue weighted by Gasteiger charge is -2.26. The first-order chi connectivity index (χ1) is 15.9. The van der Waals surface area contributed by atoms with Crippen molar-refractivity contribution in [3.8, 4) is 5.75 Å². The van der Waals surface area contributed by atoms with Gasteiger partial charge in [-0.2, -0.15) is 0 Å². The second kappa shape index (κ2) is 11.5. The van der Waals surface area contributed by atoms with Crippen molar-refractivity contribution in [3.63, 3.8) is 0 Å². The number of hydrogen-bond donors (Lipinski definition) is 2. The molecule has 0 unspecified atom stereocenters. The number of nitrogens with one attached hydrogen (secondary N) is 2. The van der Waals surface area contributed by atoms with Crippen LogP contribution in [0.5, 0.6) is 5.75 Å². The number of rotatable bonds is 8. The number of morpholine rings is 1. The second-order valence-corrected chi connectivity index (χ2v) is 8.24. The molecule has 2 aromatic carbocycles. The van der Waals surface area contributed by atoms with Crippen LogP contribution >= 0.6 is 0 Å². The van der Waals surface area contributed by atoms with Crippen molar-refractivity contribution >= 4 is 17.7 Å². The number of ether oxygens (including phenoxy) is 2. The normalized spacial score (nSPS) is 14.5. The van der Waals surface area contributed by atoms with E-state index in [1.165, 1.54) is 0 Å². The lowest BCUT2D eigenvalue weighted by Crippen LogP contribution is -2.49. The summed E-state index contributed by atoms with van der Waals surface area (Å²) in [6, 6.07) is 13.2. The maximum absolute atomic E-state index is 12.8. The summed E-state index contributed by atoms with van der Waals surface area (Å²) in [5, 5.41) is 5.70. The summed E-state index contributed by atoms with van der Waals surface area (Å²) in [6.45, 7) is 6.36. The zero-order valence-electron chi connectivity index (χ0n) is 19.3. The van der Waals surface area contributed by atoms with Crippen LogP contribution in [-0.4, -0.2) is 62.1 Å². The van der Waals surface area contributed by atoms with Gasteiger partial charge in [0.2, 0.25) is 5.91 Å². The number of carbonyl (C=O) groups excluding carboxylic acids is 3. The number of nitrogens with zero attached hydrogens (tertiary/aromatic N) is 1. The van der Waals surface area contributed by atoms with Crippen molar-refractivity contribution in [2.24, 2.45) is 5.92 Å². The third-order valence-corrected chi connectivity index (χ3v) is 5.55. The van der Waals surface area contributed by atoms with Crippen LogP contribution in [-0.2, 0) is 16.1 Å². The molecule has 8 heteroatoms. The van der Waals surface area contributed by atoms with Gasteiger partial charge in [0, 0.05) is 30.8 Å². The molecule has 176 valence electrons. The molecular formula is C25H31N3O5. The van der Waals surface area contributed by atoms with Crippen molar-refractivity contribution in [1.29, 1.82) is 0 Å². The average Bonchev–Trinajstić information content (AvgIpc) is 2.86. The van der Waals surface area contributed by atoms with Crippen LogP contribution in [0.3, 0.4) is 0 Å². The van der Waals surface area contributed by atoms with Gasteiger partial charge in [0.25, 0.3) is 11.8 Å². The Morgan fingerprint density at radius 1 is 0.970 bits per heavy atom. The van der Waals surface area contributed by atoms with Crippen LogP contribution in [0.1, 0.15) is 40.1 Å². The van der Waals surface area contributed by atoms with E-state index in [9.17, 15) is 14.4 Å². The summed E-state index contributed by atoms with van der Waals surface area (Å²) >= 11 is 0. The molecule has 0 saturated carbocycles. The third kappa shape index (κ3) is 6.55. The Balaban J connectivity index is 1.55. The molecule has 1 saturated heterocycles. The van der Waals surface area contributed by atoms with Crippen molar-refractivity contribution in [2.75, 3.05) is 33.4 Å². The molecule has 33 heavy (non-hydrogen) atoms. The largest absolute Gasteiger partial charge is 0.497 e. The Labute approximate surface area is 194 Å². The van der Waals surface area contributed by atoms with Gasteiger partial charge in [-0.15, -0.1) is 0 Å². The molecule has 2 N–H and O–H groups in total. The minimum Gasteiger partial charge on any atom is -0.497 e. The smallest absolute Gasteiger partial charge is 0.254 e. The minimum absolute atomic E-state index is 0.0185. The Morgan fingerprint density at radius 3 is 2.15 bits per heavy atom. The Morgan fingerprint density at radius 2 is 1.58 bits per heavy atom. The Bertz CT molecular complexity index is 951. The van der Waals surface area contributed by atoms with E-state index in [1.807, 2.05) is 26.0 Å². The highest BCUT2D eigenvalue weighted by Gasteiger charge is 2.24. The van der Waals surface area contributed by atoms with E-state index in [-0.39, 0.29) is 23.6 Å². The van der Waals surface area contributed by atoms with Gasteiger partial charge in [0.15, 0.2) is 0 Å². The summed E-state index contributed by atoms with van der Waals surface area (Å²) in [5.74, 6) is -0.0455. The van der Waals surface area contributed by atoms with Crippen molar-refractivity contribution in [1.82, 2.24) is 15.5 Å². The van der Waals surface area contributed by atoms with Crippen LogP contribution in [0.15, 0.2) is 48.5 Å². The zero-order valence-corrected chi connectivity index (χ0v) is 19.3. The molecule has 0 radical (unpaired) electrons. The summed E-state index contributed by atoms with van der Waals surface area (Å²) in [7, 11) is 1.56. The van der Waals surface area contributed by atoms with Crippen LogP contribution in [0.4, 0.5) is 0 Å². The molecule has 1 heterocycles. The molecule has 0 aliphatic carbocycles. The Hall–Kier alpha value is -3.39. The molecule has 0 aromatic heterocycles. The van der Waals surface area contributed by atoms with Gasteiger partial charge in [-0.05, 0) is 47.9 Å². The van der Waals surface area contributed by atoms with E-state index in [0.29, 0.717) is 49.7 Å². The molecule has 1 aliphatic rings. The van der Waals surface area contributed by atoms with E-state index in [2.05, 4.69) is 10.6 Å². The molecule has 3 amide bonds. The molecule has 2 aromatic rings. The maximum atomic E-state index is 12.8. The standard InChI is InChI=1S/C25H31N3O5/c1-17(2)22(27-23(29)19-8-10-21(32-3)11-9-19)24(30)26-16-18-4-6-20(7-5-18)25(31)28-12-14-33-15-13-28/h4-11,17,22H,12-16H2,1-3H3,(H,26,30)(H,27,29)/t22-/m0/s1. The minimum atomic E-state index is -0.679.